The van der Waals surface area contributed by atoms with Gasteiger partial charge in [0.1, 0.15) is 0 Å². The fraction of sp³-hybridized carbons (Fsp3) is 0.429. The highest BCUT2D eigenvalue weighted by Crippen LogP contribution is 2.19. The maximum absolute atomic E-state index is 11.8. The zero-order valence-corrected chi connectivity index (χ0v) is 12.6. The topological polar surface area (TPSA) is 50.4 Å². The molecule has 0 bridgehead atoms. The van der Waals surface area contributed by atoms with Crippen molar-refractivity contribution in [1.82, 2.24) is 5.32 Å². The van der Waals surface area contributed by atoms with Gasteiger partial charge in [-0.1, -0.05) is 6.07 Å². The standard InChI is InChI=1S/C14H20N2O2S/c1-5-18-13(17)11-7-6-8-12(10(11)4)16-14(19)15-9(2)3/h6-9H,5H2,1-4H3,(H2,15,16,19). The second-order valence-corrected chi connectivity index (χ2v) is 4.86. The number of hydrogen-bond acceptors (Lipinski definition) is 3. The summed E-state index contributed by atoms with van der Waals surface area (Å²) in [6.45, 7) is 8.04. The Hall–Kier alpha value is -1.62. The second-order valence-electron chi connectivity index (χ2n) is 4.45. The van der Waals surface area contributed by atoms with E-state index in [1.807, 2.05) is 26.8 Å². The van der Waals surface area contributed by atoms with Crippen LogP contribution in [0.4, 0.5) is 5.69 Å². The minimum absolute atomic E-state index is 0.258. The van der Waals surface area contributed by atoms with Crippen LogP contribution in [0.2, 0.25) is 0 Å². The number of benzene rings is 1. The second kappa shape index (κ2) is 7.09. The fourth-order valence-electron chi connectivity index (χ4n) is 1.62. The van der Waals surface area contributed by atoms with Gasteiger partial charge in [0.05, 0.1) is 12.2 Å². The van der Waals surface area contributed by atoms with E-state index in [9.17, 15) is 4.79 Å². The van der Waals surface area contributed by atoms with Crippen LogP contribution in [-0.2, 0) is 4.74 Å². The normalized spacial score (nSPS) is 10.2. The number of ether oxygens (including phenoxy) is 1. The van der Waals surface area contributed by atoms with Crippen molar-refractivity contribution in [1.29, 1.82) is 0 Å². The first-order valence-electron chi connectivity index (χ1n) is 6.30. The lowest BCUT2D eigenvalue weighted by Gasteiger charge is -2.16. The predicted octanol–water partition coefficient (Wildman–Crippen LogP) is 2.87. The molecule has 5 heteroatoms. The van der Waals surface area contributed by atoms with Crippen molar-refractivity contribution in [3.63, 3.8) is 0 Å². The molecule has 0 saturated heterocycles. The smallest absolute Gasteiger partial charge is 0.338 e. The van der Waals surface area contributed by atoms with Crippen molar-refractivity contribution >= 4 is 29.0 Å². The van der Waals surface area contributed by atoms with Crippen molar-refractivity contribution in [2.24, 2.45) is 0 Å². The van der Waals surface area contributed by atoms with Crippen molar-refractivity contribution in [3.05, 3.63) is 29.3 Å². The number of thiocarbonyl (C=S) groups is 1. The maximum atomic E-state index is 11.8. The van der Waals surface area contributed by atoms with E-state index in [0.29, 0.717) is 17.3 Å². The Balaban J connectivity index is 2.89. The van der Waals surface area contributed by atoms with E-state index in [1.165, 1.54) is 0 Å². The number of nitrogens with one attached hydrogen (secondary N) is 2. The van der Waals surface area contributed by atoms with Crippen LogP contribution in [0.25, 0.3) is 0 Å². The SMILES string of the molecule is CCOC(=O)c1cccc(NC(=S)NC(C)C)c1C. The van der Waals surface area contributed by atoms with Gasteiger partial charge in [-0.2, -0.15) is 0 Å². The monoisotopic (exact) mass is 280 g/mol. The summed E-state index contributed by atoms with van der Waals surface area (Å²) < 4.78 is 5.02. The zero-order valence-electron chi connectivity index (χ0n) is 11.7. The average Bonchev–Trinajstić information content (AvgIpc) is 2.31. The minimum atomic E-state index is -0.314. The Morgan fingerprint density at radius 3 is 2.68 bits per heavy atom. The lowest BCUT2D eigenvalue weighted by molar-refractivity contribution is 0.0525. The molecule has 0 heterocycles. The van der Waals surface area contributed by atoms with E-state index < -0.39 is 0 Å². The van der Waals surface area contributed by atoms with Gasteiger partial charge in [0, 0.05) is 11.7 Å². The van der Waals surface area contributed by atoms with Gasteiger partial charge in [0.15, 0.2) is 5.11 Å². The van der Waals surface area contributed by atoms with E-state index in [2.05, 4.69) is 10.6 Å². The van der Waals surface area contributed by atoms with Gasteiger partial charge in [-0.05, 0) is 57.6 Å². The van der Waals surface area contributed by atoms with Crippen LogP contribution in [0.3, 0.4) is 0 Å². The largest absolute Gasteiger partial charge is 0.462 e. The summed E-state index contributed by atoms with van der Waals surface area (Å²) in [6.07, 6.45) is 0. The number of hydrogen-bond donors (Lipinski definition) is 2. The lowest BCUT2D eigenvalue weighted by atomic mass is 10.1. The molecule has 1 rings (SSSR count). The zero-order chi connectivity index (χ0) is 14.4. The Kier molecular flexibility index (Phi) is 5.76. The first-order valence-corrected chi connectivity index (χ1v) is 6.70. The van der Waals surface area contributed by atoms with E-state index in [1.54, 1.807) is 19.1 Å². The molecular weight excluding hydrogens is 260 g/mol. The number of rotatable bonds is 4. The quantitative estimate of drug-likeness (QED) is 0.656. The highest BCUT2D eigenvalue weighted by molar-refractivity contribution is 7.80. The molecule has 0 radical (unpaired) electrons. The molecule has 1 aromatic rings. The molecule has 1 aromatic carbocycles. The van der Waals surface area contributed by atoms with Gasteiger partial charge in [-0.15, -0.1) is 0 Å². The predicted molar refractivity (Wildman–Crippen MR) is 81.6 cm³/mol. The molecule has 0 aliphatic heterocycles. The highest BCUT2D eigenvalue weighted by atomic mass is 32.1. The summed E-state index contributed by atoms with van der Waals surface area (Å²) in [5.74, 6) is -0.314. The van der Waals surface area contributed by atoms with Gasteiger partial charge in [0.2, 0.25) is 0 Å². The first-order chi connectivity index (χ1) is 8.95. The first kappa shape index (κ1) is 15.4. The molecule has 0 atom stereocenters. The maximum Gasteiger partial charge on any atom is 0.338 e. The Morgan fingerprint density at radius 1 is 1.42 bits per heavy atom. The van der Waals surface area contributed by atoms with Gasteiger partial charge >= 0.3 is 5.97 Å². The van der Waals surface area contributed by atoms with Crippen LogP contribution in [0.5, 0.6) is 0 Å². The van der Waals surface area contributed by atoms with Crippen molar-refractivity contribution in [2.45, 2.75) is 33.7 Å². The highest BCUT2D eigenvalue weighted by Gasteiger charge is 2.13. The number of anilines is 1. The van der Waals surface area contributed by atoms with Gasteiger partial charge < -0.3 is 15.4 Å². The van der Waals surface area contributed by atoms with Crippen LogP contribution >= 0.6 is 12.2 Å². The molecule has 0 aliphatic carbocycles. The molecule has 0 unspecified atom stereocenters. The Labute approximate surface area is 119 Å². The molecule has 4 nitrogen and oxygen atoms in total. The van der Waals surface area contributed by atoms with Gasteiger partial charge in [0.25, 0.3) is 0 Å². The summed E-state index contributed by atoms with van der Waals surface area (Å²) in [5, 5.41) is 6.73. The van der Waals surface area contributed by atoms with E-state index in [-0.39, 0.29) is 12.0 Å². The number of carbonyl (C=O) groups is 1. The molecule has 0 aromatic heterocycles. The van der Waals surface area contributed by atoms with Crippen molar-refractivity contribution in [2.75, 3.05) is 11.9 Å². The third-order valence-corrected chi connectivity index (χ3v) is 2.72. The Bertz CT molecular complexity index is 473. The Morgan fingerprint density at radius 2 is 2.11 bits per heavy atom. The minimum Gasteiger partial charge on any atom is -0.462 e. The van der Waals surface area contributed by atoms with E-state index >= 15 is 0 Å². The van der Waals surface area contributed by atoms with Crippen LogP contribution < -0.4 is 10.6 Å². The molecular formula is C14H20N2O2S. The molecule has 0 spiro atoms. The molecule has 0 saturated carbocycles. The summed E-state index contributed by atoms with van der Waals surface area (Å²) in [6, 6.07) is 5.69. The van der Waals surface area contributed by atoms with Crippen molar-refractivity contribution in [3.8, 4) is 0 Å². The van der Waals surface area contributed by atoms with Gasteiger partial charge in [-0.25, -0.2) is 4.79 Å². The number of carbonyl (C=O) groups excluding carboxylic acids is 1. The lowest BCUT2D eigenvalue weighted by Crippen LogP contribution is -2.34. The third-order valence-electron chi connectivity index (χ3n) is 2.50. The van der Waals surface area contributed by atoms with Gasteiger partial charge in [-0.3, -0.25) is 0 Å². The summed E-state index contributed by atoms with van der Waals surface area (Å²) in [7, 11) is 0. The number of esters is 1. The van der Waals surface area contributed by atoms with Crippen LogP contribution in [0, 0.1) is 6.92 Å². The molecule has 0 fully saturated rings. The third kappa shape index (κ3) is 4.52. The van der Waals surface area contributed by atoms with Crippen molar-refractivity contribution < 1.29 is 9.53 Å². The van der Waals surface area contributed by atoms with E-state index in [0.717, 1.165) is 11.3 Å². The van der Waals surface area contributed by atoms with E-state index in [4.69, 9.17) is 17.0 Å². The molecule has 0 amide bonds. The summed E-state index contributed by atoms with van der Waals surface area (Å²) >= 11 is 5.19. The molecule has 0 aliphatic rings. The van der Waals surface area contributed by atoms with Crippen LogP contribution in [0.15, 0.2) is 18.2 Å². The summed E-state index contributed by atoms with van der Waals surface area (Å²) in [4.78, 5) is 11.8. The van der Waals surface area contributed by atoms with Crippen LogP contribution in [-0.4, -0.2) is 23.7 Å². The molecule has 104 valence electrons. The fourth-order valence-corrected chi connectivity index (χ4v) is 1.97. The molecule has 19 heavy (non-hydrogen) atoms. The average molecular weight is 280 g/mol. The summed E-state index contributed by atoms with van der Waals surface area (Å²) in [5.41, 5.74) is 2.19. The van der Waals surface area contributed by atoms with Crippen LogP contribution in [0.1, 0.15) is 36.7 Å². The molecule has 2 N–H and O–H groups in total.